The molecule has 38 heavy (non-hydrogen) atoms. The Morgan fingerprint density at radius 2 is 1.34 bits per heavy atom. The van der Waals surface area contributed by atoms with Gasteiger partial charge in [0.1, 0.15) is 0 Å². The lowest BCUT2D eigenvalue weighted by Crippen LogP contribution is -2.21. The molecule has 0 spiro atoms. The smallest absolute Gasteiger partial charge is 0.0490 e. The number of fused-ring (bicyclic) bond motifs is 4. The highest BCUT2D eigenvalue weighted by atomic mass is 15.1. The fourth-order valence-electron chi connectivity index (χ4n) is 5.90. The number of aromatic amines is 1. The summed E-state index contributed by atoms with van der Waals surface area (Å²) < 4.78 is 0. The lowest BCUT2D eigenvalue weighted by Gasteiger charge is -2.30. The van der Waals surface area contributed by atoms with Crippen molar-refractivity contribution in [2.24, 2.45) is 0 Å². The van der Waals surface area contributed by atoms with Crippen molar-refractivity contribution in [2.75, 3.05) is 11.4 Å². The summed E-state index contributed by atoms with van der Waals surface area (Å²) in [4.78, 5) is 6.10. The SMILES string of the molecule is C=C1/C=C(/c2c(-c3ccccc3)ccc3[nH]c4ccccc4c23)CCN(c2ccccc2)c2ccccc21. The van der Waals surface area contributed by atoms with Crippen LogP contribution in [0.15, 0.2) is 134 Å². The molecule has 2 heterocycles. The molecule has 6 aromatic rings. The molecule has 2 nitrogen and oxygen atoms in total. The molecule has 0 saturated carbocycles. The van der Waals surface area contributed by atoms with Crippen LogP contribution in [0.2, 0.25) is 0 Å². The van der Waals surface area contributed by atoms with Crippen molar-refractivity contribution in [1.29, 1.82) is 0 Å². The average molecular weight is 489 g/mol. The second kappa shape index (κ2) is 9.24. The number of nitrogens with one attached hydrogen (secondary N) is 1. The van der Waals surface area contributed by atoms with Gasteiger partial charge < -0.3 is 9.88 Å². The van der Waals surface area contributed by atoms with E-state index < -0.39 is 0 Å². The van der Waals surface area contributed by atoms with Crippen LogP contribution in [0, 0.1) is 0 Å². The third-order valence-electron chi connectivity index (χ3n) is 7.64. The first kappa shape index (κ1) is 22.4. The summed E-state index contributed by atoms with van der Waals surface area (Å²) in [5, 5.41) is 2.53. The van der Waals surface area contributed by atoms with Crippen LogP contribution in [0.25, 0.3) is 44.1 Å². The zero-order valence-electron chi connectivity index (χ0n) is 21.2. The molecule has 0 bridgehead atoms. The van der Waals surface area contributed by atoms with Crippen LogP contribution >= 0.6 is 0 Å². The Bertz CT molecular complexity index is 1820. The summed E-state index contributed by atoms with van der Waals surface area (Å²) >= 11 is 0. The van der Waals surface area contributed by atoms with E-state index in [0.29, 0.717) is 0 Å². The largest absolute Gasteiger partial charge is 0.354 e. The third-order valence-corrected chi connectivity index (χ3v) is 7.64. The number of para-hydroxylation sites is 3. The Kier molecular flexibility index (Phi) is 5.44. The van der Waals surface area contributed by atoms with Gasteiger partial charge in [-0.1, -0.05) is 104 Å². The summed E-state index contributed by atoms with van der Waals surface area (Å²) in [7, 11) is 0. The van der Waals surface area contributed by atoms with Crippen molar-refractivity contribution in [1.82, 2.24) is 4.98 Å². The minimum atomic E-state index is 0.868. The van der Waals surface area contributed by atoms with Gasteiger partial charge in [-0.05, 0) is 64.6 Å². The molecule has 5 aromatic carbocycles. The molecule has 0 unspecified atom stereocenters. The van der Waals surface area contributed by atoms with E-state index in [0.717, 1.165) is 29.6 Å². The highest BCUT2D eigenvalue weighted by Crippen LogP contribution is 2.43. The van der Waals surface area contributed by atoms with E-state index in [-0.39, 0.29) is 0 Å². The standard InChI is InChI=1S/C36H28N2/c1-25-24-27(22-23-38(28-14-6-3-7-15-28)34-19-11-9-16-29(25)34)35-30(26-12-4-2-5-13-26)20-21-33-36(35)31-17-8-10-18-32(31)37-33/h2-21,24,37H,1,22-23H2/b27-24+. The van der Waals surface area contributed by atoms with Crippen molar-refractivity contribution in [2.45, 2.75) is 6.42 Å². The predicted octanol–water partition coefficient (Wildman–Crippen LogP) is 9.63. The van der Waals surface area contributed by atoms with Gasteiger partial charge in [-0.25, -0.2) is 0 Å². The van der Waals surface area contributed by atoms with E-state index in [4.69, 9.17) is 0 Å². The first-order chi connectivity index (χ1) is 18.8. The first-order valence-electron chi connectivity index (χ1n) is 13.2. The van der Waals surface area contributed by atoms with Crippen LogP contribution in [-0.4, -0.2) is 11.5 Å². The van der Waals surface area contributed by atoms with Crippen LogP contribution < -0.4 is 4.90 Å². The normalized spacial score (nSPS) is 15.1. The molecule has 0 fully saturated rings. The topological polar surface area (TPSA) is 19.0 Å². The summed E-state index contributed by atoms with van der Waals surface area (Å²) in [6.07, 6.45) is 3.21. The number of benzene rings is 5. The molecular weight excluding hydrogens is 460 g/mol. The maximum Gasteiger partial charge on any atom is 0.0490 e. The van der Waals surface area contributed by atoms with Crippen molar-refractivity contribution in [3.8, 4) is 11.1 Å². The maximum atomic E-state index is 4.58. The number of rotatable bonds is 3. The Morgan fingerprint density at radius 3 is 2.18 bits per heavy atom. The molecule has 7 rings (SSSR count). The molecule has 2 heteroatoms. The van der Waals surface area contributed by atoms with Gasteiger partial charge in [-0.3, -0.25) is 0 Å². The number of nitrogens with zero attached hydrogens (tertiary/aromatic N) is 1. The quantitative estimate of drug-likeness (QED) is 0.263. The lowest BCUT2D eigenvalue weighted by atomic mass is 9.86. The molecule has 0 aliphatic carbocycles. The lowest BCUT2D eigenvalue weighted by molar-refractivity contribution is 0.947. The zero-order valence-corrected chi connectivity index (χ0v) is 21.2. The Morgan fingerprint density at radius 1 is 0.632 bits per heavy atom. The van der Waals surface area contributed by atoms with Crippen LogP contribution in [0.4, 0.5) is 11.4 Å². The van der Waals surface area contributed by atoms with E-state index in [9.17, 15) is 0 Å². The molecule has 182 valence electrons. The predicted molar refractivity (Wildman–Crippen MR) is 163 cm³/mol. The number of anilines is 2. The van der Waals surface area contributed by atoms with Gasteiger partial charge in [0.2, 0.25) is 0 Å². The third kappa shape index (κ3) is 3.74. The first-order valence-corrected chi connectivity index (χ1v) is 13.2. The Hall–Kier alpha value is -4.82. The highest BCUT2D eigenvalue weighted by Gasteiger charge is 2.22. The van der Waals surface area contributed by atoms with Crippen LogP contribution in [-0.2, 0) is 0 Å². The van der Waals surface area contributed by atoms with Gasteiger partial charge in [0.25, 0.3) is 0 Å². The Labute approximate surface area is 223 Å². The molecule has 0 amide bonds. The highest BCUT2D eigenvalue weighted by molar-refractivity contribution is 6.15. The van der Waals surface area contributed by atoms with Gasteiger partial charge in [0.05, 0.1) is 0 Å². The fourth-order valence-corrected chi connectivity index (χ4v) is 5.90. The maximum absolute atomic E-state index is 4.58. The zero-order chi connectivity index (χ0) is 25.5. The van der Waals surface area contributed by atoms with E-state index >= 15 is 0 Å². The van der Waals surface area contributed by atoms with Gasteiger partial charge in [-0.2, -0.15) is 0 Å². The summed E-state index contributed by atoms with van der Waals surface area (Å²) in [5.41, 5.74) is 12.0. The van der Waals surface area contributed by atoms with Crippen molar-refractivity contribution >= 4 is 44.3 Å². The number of aromatic nitrogens is 1. The number of H-pyrrole nitrogens is 1. The van der Waals surface area contributed by atoms with E-state index in [1.165, 1.54) is 50.0 Å². The second-order valence-corrected chi connectivity index (χ2v) is 9.90. The van der Waals surface area contributed by atoms with Crippen LogP contribution in [0.5, 0.6) is 0 Å². The number of hydrogen-bond donors (Lipinski definition) is 1. The van der Waals surface area contributed by atoms with Gasteiger partial charge in [0.15, 0.2) is 0 Å². The molecule has 0 saturated heterocycles. The van der Waals surface area contributed by atoms with Crippen molar-refractivity contribution in [3.63, 3.8) is 0 Å². The van der Waals surface area contributed by atoms with E-state index in [1.807, 2.05) is 0 Å². The molecule has 1 N–H and O–H groups in total. The molecule has 1 aliphatic heterocycles. The van der Waals surface area contributed by atoms with E-state index in [1.54, 1.807) is 0 Å². The van der Waals surface area contributed by atoms with Crippen LogP contribution in [0.1, 0.15) is 17.5 Å². The fraction of sp³-hybridized carbons (Fsp3) is 0.0556. The average Bonchev–Trinajstić information content (AvgIpc) is 3.35. The van der Waals surface area contributed by atoms with E-state index in [2.05, 4.69) is 144 Å². The minimum absolute atomic E-state index is 0.868. The number of hydrogen-bond acceptors (Lipinski definition) is 1. The summed E-state index contributed by atoms with van der Waals surface area (Å²) in [6.45, 7) is 5.45. The van der Waals surface area contributed by atoms with Gasteiger partial charge >= 0.3 is 0 Å². The summed E-state index contributed by atoms with van der Waals surface area (Å²) in [5.74, 6) is 0. The van der Waals surface area contributed by atoms with Crippen molar-refractivity contribution < 1.29 is 0 Å². The monoisotopic (exact) mass is 488 g/mol. The molecule has 0 atom stereocenters. The van der Waals surface area contributed by atoms with Gasteiger partial charge in [-0.15, -0.1) is 0 Å². The van der Waals surface area contributed by atoms with Crippen LogP contribution in [0.3, 0.4) is 0 Å². The summed E-state index contributed by atoms with van der Waals surface area (Å²) in [6, 6.07) is 43.2. The molecule has 1 aromatic heterocycles. The van der Waals surface area contributed by atoms with Gasteiger partial charge in [0, 0.05) is 45.3 Å². The molecule has 0 radical (unpaired) electrons. The second-order valence-electron chi connectivity index (χ2n) is 9.90. The van der Waals surface area contributed by atoms with Crippen molar-refractivity contribution in [3.05, 3.63) is 145 Å². The molecular formula is C36H28N2. The Balaban J connectivity index is 1.50. The minimum Gasteiger partial charge on any atom is -0.354 e. The number of allylic oxidation sites excluding steroid dienone is 2. The molecule has 1 aliphatic rings.